The van der Waals surface area contributed by atoms with Crippen LogP contribution in [0.15, 0.2) is 18.2 Å². The molecule has 84 valence electrons. The number of hydrogen-bond acceptors (Lipinski definition) is 5. The summed E-state index contributed by atoms with van der Waals surface area (Å²) in [6, 6.07) is 5.59. The van der Waals surface area contributed by atoms with Crippen molar-refractivity contribution in [2.75, 3.05) is 19.0 Å². The number of hydrogen-bond donors (Lipinski definition) is 2. The smallest absolute Gasteiger partial charge is 0.239 e. The van der Waals surface area contributed by atoms with Gasteiger partial charge in [-0.3, -0.25) is 4.79 Å². The minimum Gasteiger partial charge on any atom is -0.497 e. The van der Waals surface area contributed by atoms with Gasteiger partial charge < -0.3 is 15.8 Å². The van der Waals surface area contributed by atoms with Gasteiger partial charge in [-0.1, -0.05) is 11.3 Å². The van der Waals surface area contributed by atoms with Crippen LogP contribution in [0.25, 0.3) is 10.2 Å². The SMILES string of the molecule is COc1ccc2sc(NC(=O)CN)nc2c1. The first-order chi connectivity index (χ1) is 7.72. The van der Waals surface area contributed by atoms with E-state index >= 15 is 0 Å². The molecule has 0 unspecified atom stereocenters. The highest BCUT2D eigenvalue weighted by Crippen LogP contribution is 2.28. The third-order valence-electron chi connectivity index (χ3n) is 2.03. The van der Waals surface area contributed by atoms with Crippen molar-refractivity contribution in [3.63, 3.8) is 0 Å². The van der Waals surface area contributed by atoms with Crippen LogP contribution in [0.1, 0.15) is 0 Å². The summed E-state index contributed by atoms with van der Waals surface area (Å²) < 4.78 is 6.08. The van der Waals surface area contributed by atoms with E-state index in [1.165, 1.54) is 11.3 Å². The average Bonchev–Trinajstić information content (AvgIpc) is 2.69. The summed E-state index contributed by atoms with van der Waals surface area (Å²) in [5, 5.41) is 3.18. The maximum atomic E-state index is 11.1. The summed E-state index contributed by atoms with van der Waals surface area (Å²) in [6.45, 7) is -0.0424. The number of methoxy groups -OCH3 is 1. The Balaban J connectivity index is 2.32. The van der Waals surface area contributed by atoms with Crippen LogP contribution < -0.4 is 15.8 Å². The van der Waals surface area contributed by atoms with Gasteiger partial charge in [0, 0.05) is 6.07 Å². The van der Waals surface area contributed by atoms with E-state index < -0.39 is 0 Å². The van der Waals surface area contributed by atoms with Crippen LogP contribution >= 0.6 is 11.3 Å². The quantitative estimate of drug-likeness (QED) is 0.841. The zero-order chi connectivity index (χ0) is 11.5. The first-order valence-electron chi connectivity index (χ1n) is 4.67. The lowest BCUT2D eigenvalue weighted by Crippen LogP contribution is -2.21. The molecule has 6 heteroatoms. The number of anilines is 1. The third-order valence-corrected chi connectivity index (χ3v) is 2.98. The van der Waals surface area contributed by atoms with Gasteiger partial charge in [0.2, 0.25) is 5.91 Å². The second-order valence-corrected chi connectivity index (χ2v) is 4.14. The van der Waals surface area contributed by atoms with Crippen molar-refractivity contribution < 1.29 is 9.53 Å². The third kappa shape index (κ3) is 2.12. The number of benzene rings is 1. The molecule has 1 heterocycles. The van der Waals surface area contributed by atoms with Crippen molar-refractivity contribution in [3.8, 4) is 5.75 Å². The molecule has 1 aromatic carbocycles. The molecule has 0 aliphatic rings. The van der Waals surface area contributed by atoms with Crippen LogP contribution in [-0.4, -0.2) is 24.5 Å². The molecule has 0 atom stereocenters. The lowest BCUT2D eigenvalue weighted by atomic mass is 10.3. The lowest BCUT2D eigenvalue weighted by molar-refractivity contribution is -0.114. The number of nitrogens with one attached hydrogen (secondary N) is 1. The number of nitrogens with zero attached hydrogens (tertiary/aromatic N) is 1. The summed E-state index contributed by atoms with van der Waals surface area (Å²) in [5.41, 5.74) is 6.01. The maximum Gasteiger partial charge on any atom is 0.239 e. The molecule has 16 heavy (non-hydrogen) atoms. The molecule has 0 fully saturated rings. The second-order valence-electron chi connectivity index (χ2n) is 3.10. The molecule has 0 spiro atoms. The number of carbonyl (C=O) groups is 1. The fourth-order valence-corrected chi connectivity index (χ4v) is 2.12. The highest BCUT2D eigenvalue weighted by molar-refractivity contribution is 7.22. The highest BCUT2D eigenvalue weighted by Gasteiger charge is 2.07. The Kier molecular flexibility index (Phi) is 3.02. The van der Waals surface area contributed by atoms with E-state index in [2.05, 4.69) is 10.3 Å². The monoisotopic (exact) mass is 237 g/mol. The van der Waals surface area contributed by atoms with Crippen molar-refractivity contribution >= 4 is 32.6 Å². The molecule has 0 bridgehead atoms. The fraction of sp³-hybridized carbons (Fsp3) is 0.200. The number of ether oxygens (including phenoxy) is 1. The molecular weight excluding hydrogens is 226 g/mol. The summed E-state index contributed by atoms with van der Waals surface area (Å²) in [4.78, 5) is 15.3. The van der Waals surface area contributed by atoms with Gasteiger partial charge in [0.15, 0.2) is 5.13 Å². The fourth-order valence-electron chi connectivity index (χ4n) is 1.26. The average molecular weight is 237 g/mol. The molecule has 0 aliphatic heterocycles. The molecule has 0 saturated carbocycles. The zero-order valence-corrected chi connectivity index (χ0v) is 9.50. The summed E-state index contributed by atoms with van der Waals surface area (Å²) in [5.74, 6) is 0.500. The first kappa shape index (κ1) is 10.8. The Morgan fingerprint density at radius 1 is 1.62 bits per heavy atom. The summed E-state index contributed by atoms with van der Waals surface area (Å²) >= 11 is 1.41. The van der Waals surface area contributed by atoms with Crippen LogP contribution in [0.5, 0.6) is 5.75 Å². The minimum absolute atomic E-state index is 0.0424. The standard InChI is InChI=1S/C10H11N3O2S/c1-15-6-2-3-8-7(4-6)12-10(16-8)13-9(14)5-11/h2-4H,5,11H2,1H3,(H,12,13,14). The Labute approximate surface area is 96.2 Å². The molecule has 5 nitrogen and oxygen atoms in total. The van der Waals surface area contributed by atoms with E-state index in [4.69, 9.17) is 10.5 Å². The van der Waals surface area contributed by atoms with Gasteiger partial charge in [0.05, 0.1) is 23.9 Å². The Morgan fingerprint density at radius 3 is 3.12 bits per heavy atom. The van der Waals surface area contributed by atoms with Gasteiger partial charge in [-0.15, -0.1) is 0 Å². The van der Waals surface area contributed by atoms with Crippen molar-refractivity contribution in [2.24, 2.45) is 5.73 Å². The molecule has 2 rings (SSSR count). The number of amides is 1. The number of thiazole rings is 1. The molecular formula is C10H11N3O2S. The number of carbonyl (C=O) groups excluding carboxylic acids is 1. The normalized spacial score (nSPS) is 10.4. The van der Waals surface area contributed by atoms with Crippen LogP contribution in [0.2, 0.25) is 0 Å². The van der Waals surface area contributed by atoms with Crippen molar-refractivity contribution in [2.45, 2.75) is 0 Å². The number of nitrogens with two attached hydrogens (primary N) is 1. The molecule has 2 aromatic rings. The van der Waals surface area contributed by atoms with Crippen LogP contribution in [0.4, 0.5) is 5.13 Å². The molecule has 1 aromatic heterocycles. The molecule has 3 N–H and O–H groups in total. The Morgan fingerprint density at radius 2 is 2.44 bits per heavy atom. The Hall–Kier alpha value is -1.66. The van der Waals surface area contributed by atoms with Gasteiger partial charge in [0.25, 0.3) is 0 Å². The van der Waals surface area contributed by atoms with Gasteiger partial charge in [-0.2, -0.15) is 0 Å². The van der Waals surface area contributed by atoms with Gasteiger partial charge in [-0.25, -0.2) is 4.98 Å². The number of fused-ring (bicyclic) bond motifs is 1. The zero-order valence-electron chi connectivity index (χ0n) is 8.69. The van der Waals surface area contributed by atoms with Crippen molar-refractivity contribution in [1.82, 2.24) is 4.98 Å². The van der Waals surface area contributed by atoms with Gasteiger partial charge in [0.1, 0.15) is 5.75 Å². The second kappa shape index (κ2) is 4.46. The molecule has 1 amide bonds. The van der Waals surface area contributed by atoms with Crippen LogP contribution in [-0.2, 0) is 4.79 Å². The van der Waals surface area contributed by atoms with E-state index in [0.717, 1.165) is 16.0 Å². The molecule has 0 saturated heterocycles. The van der Waals surface area contributed by atoms with E-state index in [1.54, 1.807) is 7.11 Å². The van der Waals surface area contributed by atoms with E-state index in [0.29, 0.717) is 5.13 Å². The summed E-state index contributed by atoms with van der Waals surface area (Å²) in [7, 11) is 1.60. The number of aromatic nitrogens is 1. The topological polar surface area (TPSA) is 77.2 Å². The summed E-state index contributed by atoms with van der Waals surface area (Å²) in [6.07, 6.45) is 0. The van der Waals surface area contributed by atoms with E-state index in [9.17, 15) is 4.79 Å². The van der Waals surface area contributed by atoms with E-state index in [-0.39, 0.29) is 12.5 Å². The lowest BCUT2D eigenvalue weighted by Gasteiger charge is -1.96. The van der Waals surface area contributed by atoms with Crippen LogP contribution in [0, 0.1) is 0 Å². The first-order valence-corrected chi connectivity index (χ1v) is 5.49. The van der Waals surface area contributed by atoms with E-state index in [1.807, 2.05) is 18.2 Å². The van der Waals surface area contributed by atoms with Crippen molar-refractivity contribution in [1.29, 1.82) is 0 Å². The minimum atomic E-state index is -0.244. The molecule has 0 aliphatic carbocycles. The largest absolute Gasteiger partial charge is 0.497 e. The van der Waals surface area contributed by atoms with Crippen molar-refractivity contribution in [3.05, 3.63) is 18.2 Å². The predicted octanol–water partition coefficient (Wildman–Crippen LogP) is 1.20. The Bertz CT molecular complexity index is 524. The maximum absolute atomic E-state index is 11.1. The van der Waals surface area contributed by atoms with Gasteiger partial charge >= 0.3 is 0 Å². The highest BCUT2D eigenvalue weighted by atomic mass is 32.1. The number of rotatable bonds is 3. The van der Waals surface area contributed by atoms with Crippen LogP contribution in [0.3, 0.4) is 0 Å². The predicted molar refractivity (Wildman–Crippen MR) is 63.9 cm³/mol. The van der Waals surface area contributed by atoms with Gasteiger partial charge in [-0.05, 0) is 12.1 Å². The molecule has 0 radical (unpaired) electrons.